The molecule has 1 fully saturated rings. The Balaban J connectivity index is 1.34. The smallest absolute Gasteiger partial charge is 0.419 e. The van der Waals surface area contributed by atoms with Crippen LogP contribution in [0.2, 0.25) is 0 Å². The van der Waals surface area contributed by atoms with E-state index in [0.29, 0.717) is 25.9 Å². The van der Waals surface area contributed by atoms with Gasteiger partial charge in [0.25, 0.3) is 5.91 Å². The van der Waals surface area contributed by atoms with Gasteiger partial charge in [0.1, 0.15) is 18.1 Å². The highest BCUT2D eigenvalue weighted by molar-refractivity contribution is 5.94. The average molecular weight is 501 g/mol. The Labute approximate surface area is 207 Å². The van der Waals surface area contributed by atoms with Crippen LogP contribution in [-0.4, -0.2) is 48.3 Å². The van der Waals surface area contributed by atoms with E-state index >= 15 is 0 Å². The molecule has 3 heterocycles. The topological polar surface area (TPSA) is 52.9 Å². The molecule has 1 spiro atoms. The number of amides is 1. The lowest BCUT2D eigenvalue weighted by Gasteiger charge is -2.45. The lowest BCUT2D eigenvalue weighted by molar-refractivity contribution is -0.139. The van der Waals surface area contributed by atoms with Gasteiger partial charge in [-0.15, -0.1) is 0 Å². The average Bonchev–Trinajstić information content (AvgIpc) is 3.38. The standard InChI is InChI=1S/C27H27F3N2O4/c1-18(34-2)17-35-22-10-9-19(16-20(22)27(28,29)30)25(33)31-14-11-26(12-15-31)24-8-5-13-32(24)21-6-3-4-7-23(21)36-26/h3-10,13,16,18H,11-12,14-15,17H2,1-2H3/t18-/m0/s1. The van der Waals surface area contributed by atoms with Crippen LogP contribution in [0.4, 0.5) is 13.2 Å². The number of fused-ring (bicyclic) bond motifs is 4. The largest absolute Gasteiger partial charge is 0.490 e. The van der Waals surface area contributed by atoms with Gasteiger partial charge >= 0.3 is 6.18 Å². The van der Waals surface area contributed by atoms with Crippen LogP contribution < -0.4 is 9.47 Å². The van der Waals surface area contributed by atoms with Crippen LogP contribution in [0, 0.1) is 0 Å². The minimum atomic E-state index is -4.66. The second kappa shape index (κ2) is 9.20. The number of carbonyl (C=O) groups excluding carboxylic acids is 1. The fraction of sp³-hybridized carbons (Fsp3) is 0.370. The Morgan fingerprint density at radius 1 is 1.11 bits per heavy atom. The Hall–Kier alpha value is -3.46. The molecule has 0 radical (unpaired) electrons. The summed E-state index contributed by atoms with van der Waals surface area (Å²) in [5.41, 5.74) is 0.378. The molecule has 1 atom stereocenters. The maximum absolute atomic E-state index is 13.8. The lowest BCUT2D eigenvalue weighted by atomic mass is 9.86. The van der Waals surface area contributed by atoms with Crippen molar-refractivity contribution in [3.8, 4) is 17.2 Å². The molecule has 2 aromatic carbocycles. The molecule has 0 bridgehead atoms. The molecular weight excluding hydrogens is 473 g/mol. The second-order valence-corrected chi connectivity index (χ2v) is 9.19. The molecule has 0 N–H and O–H groups in total. The summed E-state index contributed by atoms with van der Waals surface area (Å²) in [6.45, 7) is 2.38. The first kappa shape index (κ1) is 24.2. The summed E-state index contributed by atoms with van der Waals surface area (Å²) >= 11 is 0. The Bertz CT molecular complexity index is 1260. The SMILES string of the molecule is CO[C@@H](C)COc1ccc(C(=O)N2CCC3(CC2)Oc2ccccc2-n2cccc23)cc1C(F)(F)F. The molecule has 5 rings (SSSR count). The van der Waals surface area contributed by atoms with Gasteiger partial charge in [-0.2, -0.15) is 13.2 Å². The Morgan fingerprint density at radius 2 is 1.86 bits per heavy atom. The third-order valence-electron chi connectivity index (χ3n) is 6.91. The normalized spacial score (nSPS) is 17.2. The molecule has 1 amide bonds. The summed E-state index contributed by atoms with van der Waals surface area (Å²) in [5, 5.41) is 0. The van der Waals surface area contributed by atoms with Crippen molar-refractivity contribution in [1.82, 2.24) is 9.47 Å². The number of alkyl halides is 3. The van der Waals surface area contributed by atoms with Crippen molar-refractivity contribution in [3.05, 3.63) is 77.6 Å². The van der Waals surface area contributed by atoms with Crippen LogP contribution in [0.15, 0.2) is 60.8 Å². The fourth-order valence-electron chi connectivity index (χ4n) is 4.86. The number of piperidine rings is 1. The monoisotopic (exact) mass is 500 g/mol. The fourth-order valence-corrected chi connectivity index (χ4v) is 4.86. The van der Waals surface area contributed by atoms with Crippen LogP contribution >= 0.6 is 0 Å². The van der Waals surface area contributed by atoms with Crippen molar-refractivity contribution in [2.24, 2.45) is 0 Å². The number of methoxy groups -OCH3 is 1. The van der Waals surface area contributed by atoms with E-state index in [-0.39, 0.29) is 24.0 Å². The van der Waals surface area contributed by atoms with Crippen molar-refractivity contribution in [1.29, 1.82) is 0 Å². The number of para-hydroxylation sites is 2. The number of hydrogen-bond donors (Lipinski definition) is 0. The molecule has 3 aromatic rings. The minimum absolute atomic E-state index is 0.0244. The van der Waals surface area contributed by atoms with Gasteiger partial charge in [-0.25, -0.2) is 0 Å². The molecule has 0 unspecified atom stereocenters. The molecule has 2 aliphatic rings. The van der Waals surface area contributed by atoms with Gasteiger partial charge in [0.15, 0.2) is 5.60 Å². The number of rotatable bonds is 5. The van der Waals surface area contributed by atoms with Gasteiger partial charge in [0.2, 0.25) is 0 Å². The van der Waals surface area contributed by atoms with E-state index in [1.54, 1.807) is 11.8 Å². The van der Waals surface area contributed by atoms with Crippen molar-refractivity contribution < 1.29 is 32.2 Å². The van der Waals surface area contributed by atoms with E-state index in [9.17, 15) is 18.0 Å². The predicted octanol–water partition coefficient (Wildman–Crippen LogP) is 5.43. The number of ether oxygens (including phenoxy) is 3. The number of aromatic nitrogens is 1. The van der Waals surface area contributed by atoms with E-state index in [0.717, 1.165) is 23.2 Å². The number of benzene rings is 2. The Kier molecular flexibility index (Phi) is 6.20. The molecule has 9 heteroatoms. The molecule has 0 saturated carbocycles. The zero-order valence-electron chi connectivity index (χ0n) is 20.0. The summed E-state index contributed by atoms with van der Waals surface area (Å²) in [6.07, 6.45) is -1.99. The van der Waals surface area contributed by atoms with Crippen LogP contribution in [-0.2, 0) is 16.5 Å². The van der Waals surface area contributed by atoms with Gasteiger partial charge in [-0.1, -0.05) is 12.1 Å². The first-order valence-corrected chi connectivity index (χ1v) is 11.8. The van der Waals surface area contributed by atoms with E-state index in [1.807, 2.05) is 42.6 Å². The third kappa shape index (κ3) is 4.32. The van der Waals surface area contributed by atoms with Crippen molar-refractivity contribution >= 4 is 5.91 Å². The first-order valence-electron chi connectivity index (χ1n) is 11.8. The highest BCUT2D eigenvalue weighted by atomic mass is 19.4. The van der Waals surface area contributed by atoms with E-state index in [4.69, 9.17) is 14.2 Å². The van der Waals surface area contributed by atoms with Gasteiger partial charge < -0.3 is 23.7 Å². The number of carbonyl (C=O) groups is 1. The van der Waals surface area contributed by atoms with Gasteiger partial charge in [-0.05, 0) is 49.4 Å². The predicted molar refractivity (Wildman–Crippen MR) is 127 cm³/mol. The highest BCUT2D eigenvalue weighted by Gasteiger charge is 2.45. The van der Waals surface area contributed by atoms with Crippen LogP contribution in [0.5, 0.6) is 11.5 Å². The van der Waals surface area contributed by atoms with E-state index in [2.05, 4.69) is 4.57 Å². The third-order valence-corrected chi connectivity index (χ3v) is 6.91. The van der Waals surface area contributed by atoms with Crippen molar-refractivity contribution in [2.75, 3.05) is 26.8 Å². The molecule has 1 aromatic heterocycles. The minimum Gasteiger partial charge on any atom is -0.490 e. The van der Waals surface area contributed by atoms with Crippen LogP contribution in [0.3, 0.4) is 0 Å². The summed E-state index contributed by atoms with van der Waals surface area (Å²) in [6, 6.07) is 15.2. The van der Waals surface area contributed by atoms with Gasteiger partial charge in [-0.3, -0.25) is 4.79 Å². The van der Waals surface area contributed by atoms with Crippen molar-refractivity contribution in [2.45, 2.75) is 37.6 Å². The summed E-state index contributed by atoms with van der Waals surface area (Å²) in [7, 11) is 1.46. The van der Waals surface area contributed by atoms with Crippen LogP contribution in [0.1, 0.15) is 41.4 Å². The number of hydrogen-bond acceptors (Lipinski definition) is 4. The zero-order chi connectivity index (χ0) is 25.5. The van der Waals surface area contributed by atoms with Crippen LogP contribution in [0.25, 0.3) is 5.69 Å². The summed E-state index contributed by atoms with van der Waals surface area (Å²) < 4.78 is 60.2. The number of halogens is 3. The van der Waals surface area contributed by atoms with Gasteiger partial charge in [0, 0.05) is 44.8 Å². The molecule has 6 nitrogen and oxygen atoms in total. The summed E-state index contributed by atoms with van der Waals surface area (Å²) in [5.74, 6) is 0.00325. The number of likely N-dealkylation sites (tertiary alicyclic amines) is 1. The molecule has 36 heavy (non-hydrogen) atoms. The highest BCUT2D eigenvalue weighted by Crippen LogP contribution is 2.45. The van der Waals surface area contributed by atoms with Crippen molar-refractivity contribution in [3.63, 3.8) is 0 Å². The molecule has 2 aliphatic heterocycles. The quantitative estimate of drug-likeness (QED) is 0.469. The maximum Gasteiger partial charge on any atom is 0.419 e. The molecule has 190 valence electrons. The van der Waals surface area contributed by atoms with E-state index < -0.39 is 23.2 Å². The zero-order valence-corrected chi connectivity index (χ0v) is 20.0. The molecule has 0 aliphatic carbocycles. The Morgan fingerprint density at radius 3 is 2.58 bits per heavy atom. The first-order chi connectivity index (χ1) is 17.2. The second-order valence-electron chi connectivity index (χ2n) is 9.19. The lowest BCUT2D eigenvalue weighted by Crippen LogP contribution is -2.50. The molecule has 1 saturated heterocycles. The maximum atomic E-state index is 13.8. The molecular formula is C27H27F3N2O4. The van der Waals surface area contributed by atoms with E-state index in [1.165, 1.54) is 19.2 Å². The summed E-state index contributed by atoms with van der Waals surface area (Å²) in [4.78, 5) is 14.8. The van der Waals surface area contributed by atoms with Gasteiger partial charge in [0.05, 0.1) is 23.0 Å². The number of nitrogens with zero attached hydrogens (tertiary/aromatic N) is 2.